The standard InChI is InChI=1S/C21H19BrCl3N3O2/c1-3-28-19(16(22)10-26-28)11-27(2)21(29)14-6-4-5-13(7-14)12-30-20-17(24)8-15(23)9-18(20)25/h4-10H,3,11-12H2,1-2H3. The fourth-order valence-electron chi connectivity index (χ4n) is 2.95. The van der Waals surface area contributed by atoms with Crippen LogP contribution in [0.2, 0.25) is 15.1 Å². The number of aromatic nitrogens is 2. The smallest absolute Gasteiger partial charge is 0.253 e. The molecule has 3 aromatic rings. The molecule has 1 aromatic heterocycles. The van der Waals surface area contributed by atoms with Gasteiger partial charge in [0.15, 0.2) is 5.75 Å². The Bertz CT molecular complexity index is 1050. The molecule has 0 radical (unpaired) electrons. The zero-order valence-corrected chi connectivity index (χ0v) is 20.2. The molecule has 30 heavy (non-hydrogen) atoms. The van der Waals surface area contributed by atoms with Crippen LogP contribution in [0.4, 0.5) is 0 Å². The summed E-state index contributed by atoms with van der Waals surface area (Å²) in [7, 11) is 1.76. The molecular formula is C21H19BrCl3N3O2. The van der Waals surface area contributed by atoms with E-state index in [4.69, 9.17) is 39.5 Å². The molecule has 9 heteroatoms. The Morgan fingerprint density at radius 3 is 2.57 bits per heavy atom. The summed E-state index contributed by atoms with van der Waals surface area (Å²) in [6.07, 6.45) is 1.74. The van der Waals surface area contributed by atoms with Gasteiger partial charge in [-0.05, 0) is 52.7 Å². The molecule has 2 aromatic carbocycles. The van der Waals surface area contributed by atoms with Crippen molar-refractivity contribution in [3.63, 3.8) is 0 Å². The second-order valence-corrected chi connectivity index (χ2v) is 8.71. The summed E-state index contributed by atoms with van der Waals surface area (Å²) in [4.78, 5) is 14.6. The number of halogens is 4. The minimum atomic E-state index is -0.102. The third kappa shape index (κ3) is 5.30. The van der Waals surface area contributed by atoms with Crippen molar-refractivity contribution in [1.82, 2.24) is 14.7 Å². The average Bonchev–Trinajstić information content (AvgIpc) is 3.06. The quantitative estimate of drug-likeness (QED) is 0.351. The van der Waals surface area contributed by atoms with E-state index in [1.54, 1.807) is 42.4 Å². The highest BCUT2D eigenvalue weighted by Crippen LogP contribution is 2.36. The van der Waals surface area contributed by atoms with Gasteiger partial charge in [-0.15, -0.1) is 0 Å². The lowest BCUT2D eigenvalue weighted by atomic mass is 10.1. The van der Waals surface area contributed by atoms with Crippen LogP contribution in [-0.2, 0) is 19.7 Å². The number of hydrogen-bond acceptors (Lipinski definition) is 3. The molecule has 0 N–H and O–H groups in total. The lowest BCUT2D eigenvalue weighted by Crippen LogP contribution is -2.27. The summed E-state index contributed by atoms with van der Waals surface area (Å²) >= 11 is 21.8. The van der Waals surface area contributed by atoms with Gasteiger partial charge in [0.05, 0.1) is 33.0 Å². The van der Waals surface area contributed by atoms with Crippen molar-refractivity contribution in [2.24, 2.45) is 0 Å². The molecule has 0 unspecified atom stereocenters. The summed E-state index contributed by atoms with van der Waals surface area (Å²) in [5.41, 5.74) is 2.32. The molecule has 0 atom stereocenters. The van der Waals surface area contributed by atoms with Gasteiger partial charge < -0.3 is 9.64 Å². The first-order valence-electron chi connectivity index (χ1n) is 9.12. The molecule has 0 aliphatic heterocycles. The number of nitrogens with zero attached hydrogens (tertiary/aromatic N) is 3. The van der Waals surface area contributed by atoms with Gasteiger partial charge in [-0.3, -0.25) is 9.48 Å². The van der Waals surface area contributed by atoms with E-state index in [0.717, 1.165) is 22.3 Å². The molecule has 158 valence electrons. The first kappa shape index (κ1) is 22.9. The van der Waals surface area contributed by atoms with E-state index < -0.39 is 0 Å². The predicted octanol–water partition coefficient (Wildman–Crippen LogP) is 6.48. The van der Waals surface area contributed by atoms with Gasteiger partial charge in [0.1, 0.15) is 6.61 Å². The highest BCUT2D eigenvalue weighted by molar-refractivity contribution is 9.10. The van der Waals surface area contributed by atoms with E-state index in [2.05, 4.69) is 21.0 Å². The first-order chi connectivity index (χ1) is 14.3. The molecular weight excluding hydrogens is 513 g/mol. The van der Waals surface area contributed by atoms with Crippen LogP contribution in [0.15, 0.2) is 47.1 Å². The molecule has 0 bridgehead atoms. The molecule has 0 saturated carbocycles. The summed E-state index contributed by atoms with van der Waals surface area (Å²) in [5, 5.41) is 5.39. The zero-order chi connectivity index (χ0) is 21.8. The molecule has 5 nitrogen and oxygen atoms in total. The number of rotatable bonds is 7. The highest BCUT2D eigenvalue weighted by atomic mass is 79.9. The van der Waals surface area contributed by atoms with Crippen LogP contribution in [-0.4, -0.2) is 27.6 Å². The first-order valence-corrected chi connectivity index (χ1v) is 11.0. The topological polar surface area (TPSA) is 47.4 Å². The van der Waals surface area contributed by atoms with Crippen molar-refractivity contribution >= 4 is 56.6 Å². The second-order valence-electron chi connectivity index (χ2n) is 6.60. The minimum absolute atomic E-state index is 0.102. The molecule has 0 aliphatic rings. The van der Waals surface area contributed by atoms with Crippen LogP contribution >= 0.6 is 50.7 Å². The summed E-state index contributed by atoms with van der Waals surface area (Å²) < 4.78 is 8.51. The summed E-state index contributed by atoms with van der Waals surface area (Å²) in [6.45, 7) is 3.38. The predicted molar refractivity (Wildman–Crippen MR) is 124 cm³/mol. The molecule has 1 heterocycles. The number of hydrogen-bond donors (Lipinski definition) is 0. The molecule has 0 fully saturated rings. The lowest BCUT2D eigenvalue weighted by Gasteiger charge is -2.19. The van der Waals surface area contributed by atoms with Crippen molar-refractivity contribution in [2.75, 3.05) is 7.05 Å². The largest absolute Gasteiger partial charge is 0.486 e. The van der Waals surface area contributed by atoms with Crippen molar-refractivity contribution in [1.29, 1.82) is 0 Å². The Labute approximate surface area is 198 Å². The average molecular weight is 532 g/mol. The Kier molecular flexibility index (Phi) is 7.69. The van der Waals surface area contributed by atoms with E-state index >= 15 is 0 Å². The van der Waals surface area contributed by atoms with Crippen molar-refractivity contribution in [3.05, 3.63) is 79.0 Å². The normalized spacial score (nSPS) is 10.9. The highest BCUT2D eigenvalue weighted by Gasteiger charge is 2.17. The van der Waals surface area contributed by atoms with E-state index in [9.17, 15) is 4.79 Å². The Hall–Kier alpha value is -1.73. The maximum absolute atomic E-state index is 12.9. The van der Waals surface area contributed by atoms with Gasteiger partial charge in [-0.1, -0.05) is 46.9 Å². The van der Waals surface area contributed by atoms with E-state index in [1.165, 1.54) is 0 Å². The van der Waals surface area contributed by atoms with Gasteiger partial charge >= 0.3 is 0 Å². The monoisotopic (exact) mass is 529 g/mol. The van der Waals surface area contributed by atoms with Gasteiger partial charge in [-0.25, -0.2) is 0 Å². The van der Waals surface area contributed by atoms with Gasteiger partial charge in [-0.2, -0.15) is 5.10 Å². The Morgan fingerprint density at radius 2 is 1.90 bits per heavy atom. The minimum Gasteiger partial charge on any atom is -0.486 e. The number of ether oxygens (including phenoxy) is 1. The van der Waals surface area contributed by atoms with Crippen LogP contribution < -0.4 is 4.74 Å². The van der Waals surface area contributed by atoms with Crippen molar-refractivity contribution < 1.29 is 9.53 Å². The van der Waals surface area contributed by atoms with E-state index in [0.29, 0.717) is 32.9 Å². The molecule has 0 aliphatic carbocycles. The fourth-order valence-corrected chi connectivity index (χ4v) is 4.30. The summed E-state index contributed by atoms with van der Waals surface area (Å²) in [6, 6.07) is 10.4. The fraction of sp³-hybridized carbons (Fsp3) is 0.238. The molecule has 0 spiro atoms. The van der Waals surface area contributed by atoms with Crippen LogP contribution in [0.5, 0.6) is 5.75 Å². The third-order valence-corrected chi connectivity index (χ3v) is 5.89. The van der Waals surface area contributed by atoms with Crippen molar-refractivity contribution in [3.8, 4) is 5.75 Å². The van der Waals surface area contributed by atoms with Crippen LogP contribution in [0, 0.1) is 0 Å². The summed E-state index contributed by atoms with van der Waals surface area (Å²) in [5.74, 6) is 0.254. The van der Waals surface area contributed by atoms with Crippen LogP contribution in [0.1, 0.15) is 28.5 Å². The van der Waals surface area contributed by atoms with Gasteiger partial charge in [0, 0.05) is 24.2 Å². The van der Waals surface area contributed by atoms with E-state index in [-0.39, 0.29) is 12.5 Å². The van der Waals surface area contributed by atoms with E-state index in [1.807, 2.05) is 23.7 Å². The Balaban J connectivity index is 1.71. The molecule has 3 rings (SSSR count). The SMILES string of the molecule is CCn1ncc(Br)c1CN(C)C(=O)c1cccc(COc2c(Cl)cc(Cl)cc2Cl)c1. The third-order valence-electron chi connectivity index (χ3n) is 4.45. The lowest BCUT2D eigenvalue weighted by molar-refractivity contribution is 0.0781. The molecule has 1 amide bonds. The van der Waals surface area contributed by atoms with Crippen LogP contribution in [0.25, 0.3) is 0 Å². The van der Waals surface area contributed by atoms with Crippen molar-refractivity contribution in [2.45, 2.75) is 26.6 Å². The van der Waals surface area contributed by atoms with Crippen LogP contribution in [0.3, 0.4) is 0 Å². The number of amides is 1. The number of benzene rings is 2. The number of aryl methyl sites for hydroxylation is 1. The van der Waals surface area contributed by atoms with Gasteiger partial charge in [0.25, 0.3) is 5.91 Å². The second kappa shape index (κ2) is 10.1. The maximum Gasteiger partial charge on any atom is 0.253 e. The van der Waals surface area contributed by atoms with Gasteiger partial charge in [0.2, 0.25) is 0 Å². The number of carbonyl (C=O) groups is 1. The zero-order valence-electron chi connectivity index (χ0n) is 16.3. The number of carbonyl (C=O) groups excluding carboxylic acids is 1. The Morgan fingerprint density at radius 1 is 1.20 bits per heavy atom. The molecule has 0 saturated heterocycles. The maximum atomic E-state index is 12.9.